The van der Waals surface area contributed by atoms with Gasteiger partial charge in [-0.1, -0.05) is 38.2 Å². The molecule has 2 N–H and O–H groups in total. The number of carbonyl (C=O) groups excluding carboxylic acids is 4. The molecule has 0 aliphatic carbocycles. The van der Waals surface area contributed by atoms with Crippen LogP contribution in [0.3, 0.4) is 0 Å². The van der Waals surface area contributed by atoms with Gasteiger partial charge in [-0.15, -0.1) is 0 Å². The highest BCUT2D eigenvalue weighted by Gasteiger charge is 2.31. The molecule has 194 valence electrons. The molecule has 35 heavy (non-hydrogen) atoms. The number of esters is 1. The van der Waals surface area contributed by atoms with E-state index in [-0.39, 0.29) is 35.9 Å². The third-order valence-corrected chi connectivity index (χ3v) is 6.67. The zero-order valence-electron chi connectivity index (χ0n) is 21.2. The monoisotopic (exact) mass is 489 g/mol. The van der Waals surface area contributed by atoms with Gasteiger partial charge in [-0.25, -0.2) is 4.79 Å². The number of allylic oxidation sites excluding steroid dienone is 2. The minimum Gasteiger partial charge on any atom is -0.454 e. The molecule has 2 aliphatic heterocycles. The zero-order chi connectivity index (χ0) is 26.0. The van der Waals surface area contributed by atoms with Crippen molar-refractivity contribution < 1.29 is 33.8 Å². The summed E-state index contributed by atoms with van der Waals surface area (Å²) in [7, 11) is 1.55. The van der Waals surface area contributed by atoms with Gasteiger partial charge in [0.15, 0.2) is 0 Å². The maximum Gasteiger partial charge on any atom is 0.331 e. The molecule has 2 heterocycles. The number of carbonyl (C=O) groups is 4. The molecule has 0 spiro atoms. The van der Waals surface area contributed by atoms with Crippen LogP contribution in [0.1, 0.15) is 65.7 Å². The molecule has 2 aliphatic rings. The van der Waals surface area contributed by atoms with E-state index in [9.17, 15) is 24.3 Å². The van der Waals surface area contributed by atoms with Gasteiger partial charge in [0, 0.05) is 38.4 Å². The lowest BCUT2D eigenvalue weighted by atomic mass is 9.86. The Kier molecular flexibility index (Phi) is 11.5. The van der Waals surface area contributed by atoms with E-state index in [1.54, 1.807) is 27.0 Å². The number of aliphatic hydroxyl groups excluding tert-OH is 1. The van der Waals surface area contributed by atoms with Crippen molar-refractivity contribution in [1.82, 2.24) is 5.32 Å². The Hall–Kier alpha value is -2.58. The van der Waals surface area contributed by atoms with Crippen LogP contribution in [0, 0.1) is 17.8 Å². The average Bonchev–Trinajstić information content (AvgIpc) is 2.79. The molecule has 1 fully saturated rings. The minimum absolute atomic E-state index is 0.0524. The highest BCUT2D eigenvalue weighted by molar-refractivity contribution is 5.97. The lowest BCUT2D eigenvalue weighted by molar-refractivity contribution is -0.145. The van der Waals surface area contributed by atoms with Crippen LogP contribution in [0.5, 0.6) is 0 Å². The predicted octanol–water partition coefficient (Wildman–Crippen LogP) is 3.19. The van der Waals surface area contributed by atoms with Crippen LogP contribution < -0.4 is 5.32 Å². The quantitative estimate of drug-likeness (QED) is 0.320. The smallest absolute Gasteiger partial charge is 0.331 e. The third-order valence-electron chi connectivity index (χ3n) is 6.67. The number of cyclic esters (lactones) is 1. The molecule has 2 amide bonds. The summed E-state index contributed by atoms with van der Waals surface area (Å²) in [5.41, 5.74) is 0.685. The first-order valence-corrected chi connectivity index (χ1v) is 12.4. The Morgan fingerprint density at radius 1 is 1.20 bits per heavy atom. The molecular formula is C27H39NO7. The van der Waals surface area contributed by atoms with E-state index in [1.807, 2.05) is 25.2 Å². The van der Waals surface area contributed by atoms with Gasteiger partial charge < -0.3 is 14.6 Å². The predicted molar refractivity (Wildman–Crippen MR) is 131 cm³/mol. The number of Topliss-reactive ketones (excluding diaryl/α,β-unsaturated/α-hetero) is 1. The Morgan fingerprint density at radius 3 is 2.51 bits per heavy atom. The molecule has 8 heteroatoms. The van der Waals surface area contributed by atoms with Crippen LogP contribution in [-0.4, -0.2) is 54.1 Å². The minimum atomic E-state index is -0.803. The van der Waals surface area contributed by atoms with Gasteiger partial charge in [0.25, 0.3) is 0 Å². The van der Waals surface area contributed by atoms with E-state index in [2.05, 4.69) is 5.32 Å². The van der Waals surface area contributed by atoms with E-state index in [0.717, 1.165) is 0 Å². The lowest BCUT2D eigenvalue weighted by Gasteiger charge is -2.27. The maximum atomic E-state index is 13.0. The zero-order valence-corrected chi connectivity index (χ0v) is 21.2. The fourth-order valence-corrected chi connectivity index (χ4v) is 4.61. The van der Waals surface area contributed by atoms with E-state index < -0.39 is 30.2 Å². The summed E-state index contributed by atoms with van der Waals surface area (Å²) in [5.74, 6) is -2.06. The van der Waals surface area contributed by atoms with Crippen LogP contribution >= 0.6 is 0 Å². The van der Waals surface area contributed by atoms with Crippen LogP contribution in [0.4, 0.5) is 0 Å². The van der Waals surface area contributed by atoms with Crippen molar-refractivity contribution in [3.05, 3.63) is 36.0 Å². The van der Waals surface area contributed by atoms with Crippen molar-refractivity contribution in [3.63, 3.8) is 0 Å². The first-order chi connectivity index (χ1) is 16.6. The van der Waals surface area contributed by atoms with Crippen LogP contribution in [-0.2, 0) is 28.7 Å². The fourth-order valence-electron chi connectivity index (χ4n) is 4.61. The normalized spacial score (nSPS) is 31.3. The maximum absolute atomic E-state index is 13.0. The molecule has 0 aromatic heterocycles. The second kappa shape index (κ2) is 14.1. The van der Waals surface area contributed by atoms with E-state index in [1.165, 1.54) is 6.08 Å². The van der Waals surface area contributed by atoms with Gasteiger partial charge in [0.2, 0.25) is 11.8 Å². The molecule has 5 atom stereocenters. The number of piperidine rings is 1. The highest BCUT2D eigenvalue weighted by atomic mass is 16.5. The van der Waals surface area contributed by atoms with Gasteiger partial charge in [-0.3, -0.25) is 19.7 Å². The van der Waals surface area contributed by atoms with Gasteiger partial charge in [-0.2, -0.15) is 0 Å². The number of imide groups is 1. The number of hydrogen-bond acceptors (Lipinski definition) is 7. The van der Waals surface area contributed by atoms with Crippen molar-refractivity contribution in [3.8, 4) is 0 Å². The number of ketones is 1. The number of nitrogens with one attached hydrogen (secondary N) is 1. The number of aliphatic hydroxyl groups is 1. The Balaban J connectivity index is 2.11. The van der Waals surface area contributed by atoms with Crippen molar-refractivity contribution in [1.29, 1.82) is 0 Å². The molecule has 1 saturated heterocycles. The molecule has 0 aromatic carbocycles. The molecule has 0 bridgehead atoms. The third kappa shape index (κ3) is 9.18. The van der Waals surface area contributed by atoms with Crippen molar-refractivity contribution in [2.24, 2.45) is 17.8 Å². The summed E-state index contributed by atoms with van der Waals surface area (Å²) in [6.45, 7) is 5.39. The van der Waals surface area contributed by atoms with E-state index in [4.69, 9.17) is 9.47 Å². The second-order valence-electron chi connectivity index (χ2n) is 9.62. The average molecular weight is 490 g/mol. The number of ether oxygens (including phenoxy) is 2. The first-order valence-electron chi connectivity index (χ1n) is 12.4. The van der Waals surface area contributed by atoms with Gasteiger partial charge in [-0.05, 0) is 44.1 Å². The largest absolute Gasteiger partial charge is 0.454 e. The Bertz CT molecular complexity index is 844. The summed E-state index contributed by atoms with van der Waals surface area (Å²) in [6.07, 6.45) is 9.96. The van der Waals surface area contributed by atoms with Crippen LogP contribution in [0.15, 0.2) is 36.0 Å². The molecule has 0 saturated carbocycles. The topological polar surface area (TPSA) is 119 Å². The molecular weight excluding hydrogens is 450 g/mol. The second-order valence-corrected chi connectivity index (χ2v) is 9.62. The highest BCUT2D eigenvalue weighted by Crippen LogP contribution is 2.25. The van der Waals surface area contributed by atoms with Crippen LogP contribution in [0.2, 0.25) is 0 Å². The summed E-state index contributed by atoms with van der Waals surface area (Å²) in [5, 5.41) is 13.1. The Morgan fingerprint density at radius 2 is 1.86 bits per heavy atom. The number of methoxy groups -OCH3 is 1. The fraction of sp³-hybridized carbons (Fsp3) is 0.630. The molecule has 2 rings (SSSR count). The van der Waals surface area contributed by atoms with E-state index in [0.29, 0.717) is 44.1 Å². The lowest BCUT2D eigenvalue weighted by Crippen LogP contribution is -2.38. The van der Waals surface area contributed by atoms with Crippen LogP contribution in [0.25, 0.3) is 0 Å². The summed E-state index contributed by atoms with van der Waals surface area (Å²) < 4.78 is 11.1. The van der Waals surface area contributed by atoms with E-state index >= 15 is 0 Å². The summed E-state index contributed by atoms with van der Waals surface area (Å²) in [4.78, 5) is 48.6. The van der Waals surface area contributed by atoms with Gasteiger partial charge in [0.1, 0.15) is 18.0 Å². The van der Waals surface area contributed by atoms with Gasteiger partial charge in [0.05, 0.1) is 12.0 Å². The molecule has 0 radical (unpaired) electrons. The number of rotatable bonds is 7. The van der Waals surface area contributed by atoms with Crippen molar-refractivity contribution in [2.45, 2.75) is 84.0 Å². The number of amides is 2. The number of hydrogen-bond donors (Lipinski definition) is 2. The Labute approximate surface area is 207 Å². The summed E-state index contributed by atoms with van der Waals surface area (Å²) >= 11 is 0. The molecule has 8 nitrogen and oxygen atoms in total. The molecule has 0 unspecified atom stereocenters. The van der Waals surface area contributed by atoms with Crippen molar-refractivity contribution in [2.75, 3.05) is 7.11 Å². The standard InChI is InChI=1S/C27H39NO7/c1-17-14-18(2)27(35-25(32)13-8-6-5-7-12-22(34-4)26(17)33)19(3)21(29)11-9-10-20-15-23(30)28-24(31)16-20/h7-8,12-14,17,19-20,22,26-27,33H,5-6,9-11,15-16H2,1-4H3,(H,28,30,31)/b12-7+,13-8+,18-14-/t17-,19+,22+,26-,27+/m1/s1. The van der Waals surface area contributed by atoms with Gasteiger partial charge >= 0.3 is 5.97 Å². The molecule has 0 aromatic rings. The SMILES string of the molecule is CO[C@H]1/C=C/CC/C=C/C(=O)O[C@H]([C@@H](C)C(=O)CCCC2CC(=O)NC(=O)C2)/C(C)=C\[C@@H](C)[C@H]1O. The van der Waals surface area contributed by atoms with Crippen molar-refractivity contribution >= 4 is 23.6 Å². The first kappa shape index (κ1) is 28.7. The summed E-state index contributed by atoms with van der Waals surface area (Å²) in [6, 6.07) is 0.